The van der Waals surface area contributed by atoms with Crippen molar-refractivity contribution in [1.29, 1.82) is 0 Å². The van der Waals surface area contributed by atoms with Crippen molar-refractivity contribution in [3.8, 4) is 16.9 Å². The fourth-order valence-electron chi connectivity index (χ4n) is 6.56. The number of rotatable bonds is 15. The third-order valence-electron chi connectivity index (χ3n) is 9.50. The van der Waals surface area contributed by atoms with Crippen molar-refractivity contribution in [3.63, 3.8) is 0 Å². The standard InChI is InChI=1S/C42H50N4O4/c1-3-4-23-48-26-27-50-40-15-10-33(11-16-40)34-12-17-41-36(28-34)29-35(18-22-46(41)31-38-7-5-6-21-43-38)42(47)44-37-13-8-32(9-14-37)30-45(2)39-19-24-49-25-20-39/h5-17,21,28-29,39H,3-4,18-20,22-27,30-31H2,1-2H3,(H,44,47). The second-order valence-electron chi connectivity index (χ2n) is 13.2. The monoisotopic (exact) mass is 674 g/mol. The average molecular weight is 675 g/mol. The molecule has 262 valence electrons. The largest absolute Gasteiger partial charge is 0.491 e. The molecule has 8 heteroatoms. The molecule has 0 saturated carbocycles. The first-order valence-corrected chi connectivity index (χ1v) is 18.0. The molecular weight excluding hydrogens is 624 g/mol. The quantitative estimate of drug-likeness (QED) is 0.128. The van der Waals surface area contributed by atoms with Crippen LogP contribution >= 0.6 is 0 Å². The van der Waals surface area contributed by atoms with Crippen LogP contribution in [-0.2, 0) is 27.4 Å². The van der Waals surface area contributed by atoms with Crippen molar-refractivity contribution >= 4 is 23.4 Å². The van der Waals surface area contributed by atoms with Crippen LogP contribution in [0, 0.1) is 0 Å². The molecule has 8 nitrogen and oxygen atoms in total. The van der Waals surface area contributed by atoms with Crippen LogP contribution in [0.2, 0.25) is 0 Å². The Balaban J connectivity index is 1.16. The van der Waals surface area contributed by atoms with Gasteiger partial charge in [-0.3, -0.25) is 14.7 Å². The Bertz CT molecular complexity index is 1690. The molecular formula is C42H50N4O4. The summed E-state index contributed by atoms with van der Waals surface area (Å²) in [6.07, 6.45) is 8.84. The molecule has 0 atom stereocenters. The van der Waals surface area contributed by atoms with E-state index in [-0.39, 0.29) is 5.91 Å². The molecule has 50 heavy (non-hydrogen) atoms. The van der Waals surface area contributed by atoms with Crippen LogP contribution in [0.5, 0.6) is 5.75 Å². The van der Waals surface area contributed by atoms with Gasteiger partial charge in [0.2, 0.25) is 0 Å². The van der Waals surface area contributed by atoms with Gasteiger partial charge in [-0.05, 0) is 110 Å². The first-order valence-electron chi connectivity index (χ1n) is 18.0. The number of carbonyl (C=O) groups is 1. The number of nitrogens with one attached hydrogen (secondary N) is 1. The summed E-state index contributed by atoms with van der Waals surface area (Å²) >= 11 is 0. The first kappa shape index (κ1) is 35.3. The van der Waals surface area contributed by atoms with Gasteiger partial charge in [0.1, 0.15) is 12.4 Å². The lowest BCUT2D eigenvalue weighted by molar-refractivity contribution is -0.112. The molecule has 0 radical (unpaired) electrons. The Morgan fingerprint density at radius 1 is 0.960 bits per heavy atom. The maximum absolute atomic E-state index is 13.8. The molecule has 3 heterocycles. The normalized spacial score (nSPS) is 14.9. The predicted octanol–water partition coefficient (Wildman–Crippen LogP) is 7.99. The number of carbonyl (C=O) groups excluding carboxylic acids is 1. The molecule has 4 aromatic rings. The number of hydrogen-bond donors (Lipinski definition) is 1. The minimum atomic E-state index is -0.0757. The fourth-order valence-corrected chi connectivity index (χ4v) is 6.56. The molecule has 0 unspecified atom stereocenters. The Hall–Kier alpha value is -4.50. The van der Waals surface area contributed by atoms with E-state index in [0.717, 1.165) is 97.1 Å². The number of aromatic nitrogens is 1. The molecule has 0 bridgehead atoms. The van der Waals surface area contributed by atoms with E-state index in [0.29, 0.717) is 38.8 Å². The number of hydrogen-bond acceptors (Lipinski definition) is 7. The lowest BCUT2D eigenvalue weighted by Gasteiger charge is -2.31. The average Bonchev–Trinajstić information content (AvgIpc) is 3.34. The van der Waals surface area contributed by atoms with Crippen molar-refractivity contribution in [2.45, 2.75) is 58.2 Å². The van der Waals surface area contributed by atoms with Gasteiger partial charge in [0.05, 0.1) is 18.8 Å². The predicted molar refractivity (Wildman–Crippen MR) is 201 cm³/mol. The Morgan fingerprint density at radius 2 is 1.76 bits per heavy atom. The third-order valence-corrected chi connectivity index (χ3v) is 9.50. The second-order valence-corrected chi connectivity index (χ2v) is 13.2. The molecule has 1 saturated heterocycles. The third kappa shape index (κ3) is 9.81. The smallest absolute Gasteiger partial charge is 0.251 e. The van der Waals surface area contributed by atoms with Crippen LogP contribution in [-0.4, -0.2) is 68.5 Å². The molecule has 1 fully saturated rings. The van der Waals surface area contributed by atoms with Gasteiger partial charge in [0.25, 0.3) is 5.91 Å². The maximum Gasteiger partial charge on any atom is 0.251 e. The minimum Gasteiger partial charge on any atom is -0.491 e. The van der Waals surface area contributed by atoms with Gasteiger partial charge >= 0.3 is 0 Å². The molecule has 0 aliphatic carbocycles. The van der Waals surface area contributed by atoms with Crippen molar-refractivity contribution in [3.05, 3.63) is 114 Å². The van der Waals surface area contributed by atoms with E-state index in [1.54, 1.807) is 0 Å². The zero-order valence-corrected chi connectivity index (χ0v) is 29.5. The summed E-state index contributed by atoms with van der Waals surface area (Å²) in [7, 11) is 2.18. The van der Waals surface area contributed by atoms with Gasteiger partial charge in [-0.25, -0.2) is 0 Å². The van der Waals surface area contributed by atoms with E-state index in [9.17, 15) is 4.79 Å². The lowest BCUT2D eigenvalue weighted by atomic mass is 10.00. The highest BCUT2D eigenvalue weighted by molar-refractivity contribution is 6.07. The Labute approximate surface area is 297 Å². The van der Waals surface area contributed by atoms with Crippen LogP contribution < -0.4 is 15.0 Å². The van der Waals surface area contributed by atoms with Gasteiger partial charge in [-0.2, -0.15) is 0 Å². The Morgan fingerprint density at radius 3 is 2.52 bits per heavy atom. The summed E-state index contributed by atoms with van der Waals surface area (Å²) in [5.74, 6) is 0.746. The van der Waals surface area contributed by atoms with Gasteiger partial charge in [-0.1, -0.05) is 49.7 Å². The highest BCUT2D eigenvalue weighted by atomic mass is 16.5. The highest BCUT2D eigenvalue weighted by Gasteiger charge is 2.22. The summed E-state index contributed by atoms with van der Waals surface area (Å²) < 4.78 is 17.0. The van der Waals surface area contributed by atoms with Crippen LogP contribution in [0.4, 0.5) is 11.4 Å². The summed E-state index contributed by atoms with van der Waals surface area (Å²) in [5.41, 5.74) is 8.03. The van der Waals surface area contributed by atoms with Crippen LogP contribution in [0.1, 0.15) is 55.8 Å². The summed E-state index contributed by atoms with van der Waals surface area (Å²) in [5, 5.41) is 3.17. The Kier molecular flexibility index (Phi) is 12.7. The van der Waals surface area contributed by atoms with E-state index in [2.05, 4.69) is 82.6 Å². The summed E-state index contributed by atoms with van der Waals surface area (Å²) in [6.45, 7) is 7.95. The molecule has 1 aromatic heterocycles. The number of unbranched alkanes of at least 4 members (excludes halogenated alkanes) is 1. The van der Waals surface area contributed by atoms with Crippen molar-refractivity contribution in [2.24, 2.45) is 0 Å². The number of ether oxygens (including phenoxy) is 3. The fraction of sp³-hybridized carbons (Fsp3) is 0.381. The molecule has 2 aliphatic rings. The number of pyridine rings is 1. The first-order chi connectivity index (χ1) is 24.6. The molecule has 2 aliphatic heterocycles. The zero-order chi connectivity index (χ0) is 34.5. The van der Waals surface area contributed by atoms with Crippen LogP contribution in [0.25, 0.3) is 17.2 Å². The van der Waals surface area contributed by atoms with Crippen LogP contribution in [0.15, 0.2) is 96.7 Å². The zero-order valence-electron chi connectivity index (χ0n) is 29.5. The van der Waals surface area contributed by atoms with Gasteiger partial charge in [0, 0.05) is 62.1 Å². The van der Waals surface area contributed by atoms with Crippen LogP contribution in [0.3, 0.4) is 0 Å². The SMILES string of the molecule is CCCCOCCOc1ccc(-c2ccc3c(c2)C=C(C(=O)Nc2ccc(CN(C)C4CCOCC4)cc2)CCN3Cc2ccccn2)cc1. The van der Waals surface area contributed by atoms with Crippen molar-refractivity contribution < 1.29 is 19.0 Å². The van der Waals surface area contributed by atoms with E-state index in [1.807, 2.05) is 48.7 Å². The second kappa shape index (κ2) is 17.9. The molecule has 3 aromatic carbocycles. The van der Waals surface area contributed by atoms with E-state index >= 15 is 0 Å². The summed E-state index contributed by atoms with van der Waals surface area (Å²) in [4.78, 5) is 23.1. The van der Waals surface area contributed by atoms with Gasteiger partial charge in [-0.15, -0.1) is 0 Å². The number of amides is 1. The molecule has 6 rings (SSSR count). The van der Waals surface area contributed by atoms with Crippen molar-refractivity contribution in [2.75, 3.05) is 56.8 Å². The maximum atomic E-state index is 13.8. The topological polar surface area (TPSA) is 76.2 Å². The van der Waals surface area contributed by atoms with Gasteiger partial charge in [0.15, 0.2) is 0 Å². The number of benzene rings is 3. The lowest BCUT2D eigenvalue weighted by Crippen LogP contribution is -2.36. The van der Waals surface area contributed by atoms with Gasteiger partial charge < -0.3 is 24.4 Å². The van der Waals surface area contributed by atoms with E-state index in [1.165, 1.54) is 5.56 Å². The van der Waals surface area contributed by atoms with E-state index in [4.69, 9.17) is 14.2 Å². The summed E-state index contributed by atoms with van der Waals surface area (Å²) in [6, 6.07) is 29.5. The molecule has 1 amide bonds. The number of anilines is 2. The number of fused-ring (bicyclic) bond motifs is 1. The minimum absolute atomic E-state index is 0.0757. The number of nitrogens with zero attached hydrogens (tertiary/aromatic N) is 3. The van der Waals surface area contributed by atoms with E-state index < -0.39 is 0 Å². The molecule has 1 N–H and O–H groups in total. The highest BCUT2D eigenvalue weighted by Crippen LogP contribution is 2.34. The van der Waals surface area contributed by atoms with Crippen molar-refractivity contribution in [1.82, 2.24) is 9.88 Å². The molecule has 0 spiro atoms.